The van der Waals surface area contributed by atoms with Crippen molar-refractivity contribution in [1.82, 2.24) is 20.2 Å². The van der Waals surface area contributed by atoms with Crippen LogP contribution in [0.2, 0.25) is 0 Å². The second-order valence-electron chi connectivity index (χ2n) is 5.67. The fraction of sp³-hybridized carbons (Fsp3) is 0.375. The molecule has 23 heavy (non-hydrogen) atoms. The van der Waals surface area contributed by atoms with Crippen LogP contribution in [0.3, 0.4) is 0 Å². The zero-order valence-electron chi connectivity index (χ0n) is 13.2. The van der Waals surface area contributed by atoms with E-state index in [1.807, 2.05) is 13.8 Å². The Balaban J connectivity index is 1.94. The summed E-state index contributed by atoms with van der Waals surface area (Å²) in [4.78, 5) is 39.8. The van der Waals surface area contributed by atoms with Gasteiger partial charge >= 0.3 is 0 Å². The van der Waals surface area contributed by atoms with E-state index < -0.39 is 5.91 Å². The first-order chi connectivity index (χ1) is 11.0. The third-order valence-electron chi connectivity index (χ3n) is 3.20. The molecule has 122 valence electrons. The highest BCUT2D eigenvalue weighted by molar-refractivity contribution is 5.84. The number of carbonyl (C=O) groups is 2. The van der Waals surface area contributed by atoms with E-state index in [9.17, 15) is 14.4 Å². The highest BCUT2D eigenvalue weighted by Gasteiger charge is 2.09. The van der Waals surface area contributed by atoms with E-state index in [4.69, 9.17) is 0 Å². The first-order valence-electron chi connectivity index (χ1n) is 7.45. The summed E-state index contributed by atoms with van der Waals surface area (Å²) >= 11 is 0. The van der Waals surface area contributed by atoms with Crippen LogP contribution in [-0.2, 0) is 16.1 Å². The van der Waals surface area contributed by atoms with Crippen LogP contribution in [0, 0.1) is 5.92 Å². The molecular formula is C16H20N4O3. The lowest BCUT2D eigenvalue weighted by atomic mass is 10.2. The third kappa shape index (κ3) is 4.64. The maximum absolute atomic E-state index is 12.2. The number of nitrogens with one attached hydrogen (secondary N) is 2. The number of fused-ring (bicyclic) bond motifs is 1. The predicted octanol–water partition coefficient (Wildman–Crippen LogP) is 0.285. The summed E-state index contributed by atoms with van der Waals surface area (Å²) in [6, 6.07) is 6.94. The maximum atomic E-state index is 12.2. The van der Waals surface area contributed by atoms with Gasteiger partial charge in [0.2, 0.25) is 11.8 Å². The topological polar surface area (TPSA) is 93.1 Å². The zero-order valence-corrected chi connectivity index (χ0v) is 13.2. The molecule has 2 rings (SSSR count). The molecule has 0 atom stereocenters. The Morgan fingerprint density at radius 2 is 1.91 bits per heavy atom. The molecule has 1 aromatic heterocycles. The van der Waals surface area contributed by atoms with Gasteiger partial charge in [0.25, 0.3) is 5.56 Å². The van der Waals surface area contributed by atoms with Crippen molar-refractivity contribution in [3.05, 3.63) is 40.9 Å². The van der Waals surface area contributed by atoms with Crippen LogP contribution in [0.5, 0.6) is 0 Å². The summed E-state index contributed by atoms with van der Waals surface area (Å²) in [5, 5.41) is 5.65. The van der Waals surface area contributed by atoms with Gasteiger partial charge < -0.3 is 10.6 Å². The highest BCUT2D eigenvalue weighted by Crippen LogP contribution is 2.04. The van der Waals surface area contributed by atoms with Crippen molar-refractivity contribution in [2.75, 3.05) is 13.1 Å². The van der Waals surface area contributed by atoms with E-state index in [0.29, 0.717) is 23.4 Å². The lowest BCUT2D eigenvalue weighted by Gasteiger charge is -2.09. The minimum Gasteiger partial charge on any atom is -0.354 e. The molecule has 0 spiro atoms. The van der Waals surface area contributed by atoms with Gasteiger partial charge in [0.15, 0.2) is 0 Å². The molecule has 0 aliphatic carbocycles. The van der Waals surface area contributed by atoms with E-state index in [-0.39, 0.29) is 24.6 Å². The standard InChI is InChI=1S/C16H20N4O3/c1-11(2)7-17-14(21)8-18-15(22)9-20-10-19-13-6-4-3-5-12(13)16(20)23/h3-6,10-11H,7-9H2,1-2H3,(H,17,21)(H,18,22). The summed E-state index contributed by atoms with van der Waals surface area (Å²) in [5.74, 6) is -0.322. The van der Waals surface area contributed by atoms with Crippen LogP contribution in [0.25, 0.3) is 10.9 Å². The smallest absolute Gasteiger partial charge is 0.261 e. The van der Waals surface area contributed by atoms with Crippen LogP contribution >= 0.6 is 0 Å². The molecule has 0 saturated carbocycles. The van der Waals surface area contributed by atoms with Crippen LogP contribution in [0.1, 0.15) is 13.8 Å². The van der Waals surface area contributed by atoms with Gasteiger partial charge in [-0.25, -0.2) is 4.98 Å². The molecule has 0 saturated heterocycles. The minimum absolute atomic E-state index is 0.110. The summed E-state index contributed by atoms with van der Waals surface area (Å²) < 4.78 is 1.23. The second kappa shape index (κ2) is 7.53. The largest absolute Gasteiger partial charge is 0.354 e. The molecule has 0 fully saturated rings. The average Bonchev–Trinajstić information content (AvgIpc) is 2.54. The van der Waals surface area contributed by atoms with Gasteiger partial charge in [0.05, 0.1) is 23.8 Å². The zero-order chi connectivity index (χ0) is 16.8. The summed E-state index contributed by atoms with van der Waals surface area (Å²) in [7, 11) is 0. The van der Waals surface area contributed by atoms with Gasteiger partial charge in [-0.05, 0) is 18.1 Å². The molecule has 7 nitrogen and oxygen atoms in total. The van der Waals surface area contributed by atoms with Crippen molar-refractivity contribution >= 4 is 22.7 Å². The molecule has 2 amide bonds. The minimum atomic E-state index is -0.413. The fourth-order valence-corrected chi connectivity index (χ4v) is 1.99. The van der Waals surface area contributed by atoms with Crippen molar-refractivity contribution in [2.24, 2.45) is 5.92 Å². The first-order valence-corrected chi connectivity index (χ1v) is 7.45. The molecule has 1 heterocycles. The van der Waals surface area contributed by atoms with E-state index in [0.717, 1.165) is 0 Å². The highest BCUT2D eigenvalue weighted by atomic mass is 16.2. The van der Waals surface area contributed by atoms with Crippen LogP contribution in [0.4, 0.5) is 0 Å². The van der Waals surface area contributed by atoms with Crippen LogP contribution < -0.4 is 16.2 Å². The molecule has 0 bridgehead atoms. The quantitative estimate of drug-likeness (QED) is 0.801. The Hall–Kier alpha value is -2.70. The van der Waals surface area contributed by atoms with E-state index in [2.05, 4.69) is 15.6 Å². The molecule has 0 aliphatic heterocycles. The Kier molecular flexibility index (Phi) is 5.46. The monoisotopic (exact) mass is 316 g/mol. The number of hydrogen-bond donors (Lipinski definition) is 2. The van der Waals surface area contributed by atoms with Crippen molar-refractivity contribution in [3.8, 4) is 0 Å². The summed E-state index contributed by atoms with van der Waals surface area (Å²) in [6.07, 6.45) is 1.34. The van der Waals surface area contributed by atoms with Crippen LogP contribution in [0.15, 0.2) is 35.4 Å². The Morgan fingerprint density at radius 3 is 2.65 bits per heavy atom. The van der Waals surface area contributed by atoms with Crippen molar-refractivity contribution in [1.29, 1.82) is 0 Å². The van der Waals surface area contributed by atoms with Crippen molar-refractivity contribution in [2.45, 2.75) is 20.4 Å². The number of carbonyl (C=O) groups excluding carboxylic acids is 2. The molecule has 1 aromatic carbocycles. The van der Waals surface area contributed by atoms with Gasteiger partial charge in [-0.2, -0.15) is 0 Å². The SMILES string of the molecule is CC(C)CNC(=O)CNC(=O)Cn1cnc2ccccc2c1=O. The van der Waals surface area contributed by atoms with Crippen molar-refractivity contribution < 1.29 is 9.59 Å². The molecular weight excluding hydrogens is 296 g/mol. The average molecular weight is 316 g/mol. The Labute approximate surface area is 133 Å². The lowest BCUT2D eigenvalue weighted by molar-refractivity contribution is -0.126. The summed E-state index contributed by atoms with van der Waals surface area (Å²) in [5.41, 5.74) is 0.303. The second-order valence-corrected chi connectivity index (χ2v) is 5.67. The molecule has 2 aromatic rings. The number of amides is 2. The van der Waals surface area contributed by atoms with Gasteiger partial charge in [-0.3, -0.25) is 19.0 Å². The molecule has 2 N–H and O–H groups in total. The maximum Gasteiger partial charge on any atom is 0.261 e. The number of benzene rings is 1. The number of rotatable bonds is 6. The number of nitrogens with zero attached hydrogens (tertiary/aromatic N) is 2. The van der Waals surface area contributed by atoms with Crippen LogP contribution in [-0.4, -0.2) is 34.5 Å². The number of para-hydroxylation sites is 1. The number of hydrogen-bond acceptors (Lipinski definition) is 4. The Bertz CT molecular complexity index is 767. The molecule has 0 radical (unpaired) electrons. The molecule has 0 unspecified atom stereocenters. The van der Waals surface area contributed by atoms with Gasteiger partial charge in [0.1, 0.15) is 6.54 Å². The molecule has 7 heteroatoms. The predicted molar refractivity (Wildman–Crippen MR) is 86.9 cm³/mol. The lowest BCUT2D eigenvalue weighted by Crippen LogP contribution is -2.40. The fourth-order valence-electron chi connectivity index (χ4n) is 1.99. The first kappa shape index (κ1) is 16.7. The van der Waals surface area contributed by atoms with Gasteiger partial charge in [0, 0.05) is 6.54 Å². The third-order valence-corrected chi connectivity index (χ3v) is 3.20. The molecule has 0 aliphatic rings. The van der Waals surface area contributed by atoms with Crippen molar-refractivity contribution in [3.63, 3.8) is 0 Å². The Morgan fingerprint density at radius 1 is 1.17 bits per heavy atom. The number of aromatic nitrogens is 2. The normalized spacial score (nSPS) is 10.7. The summed E-state index contributed by atoms with van der Waals surface area (Å²) in [6.45, 7) is 4.24. The van der Waals surface area contributed by atoms with E-state index in [1.54, 1.807) is 24.3 Å². The van der Waals surface area contributed by atoms with E-state index in [1.165, 1.54) is 10.9 Å². The van der Waals surface area contributed by atoms with Gasteiger partial charge in [-0.1, -0.05) is 26.0 Å². The van der Waals surface area contributed by atoms with Gasteiger partial charge in [-0.15, -0.1) is 0 Å². The van der Waals surface area contributed by atoms with E-state index >= 15 is 0 Å².